The molecule has 3 rings (SSSR count). The number of hydrogen-bond donors (Lipinski definition) is 1. The number of non-ortho nitro benzene ring substituents is 1. The van der Waals surface area contributed by atoms with Crippen LogP contribution < -0.4 is 0 Å². The lowest BCUT2D eigenvalue weighted by Gasteiger charge is -2.05. The maximum Gasteiger partial charge on any atom is 0.279 e. The van der Waals surface area contributed by atoms with Crippen LogP contribution in [-0.4, -0.2) is 20.4 Å². The summed E-state index contributed by atoms with van der Waals surface area (Å²) in [6.07, 6.45) is 0.571. The van der Waals surface area contributed by atoms with Gasteiger partial charge in [0.05, 0.1) is 21.4 Å². The van der Waals surface area contributed by atoms with Crippen LogP contribution in [0.3, 0.4) is 0 Å². The van der Waals surface area contributed by atoms with Crippen LogP contribution in [-0.2, 0) is 13.5 Å². The van der Waals surface area contributed by atoms with E-state index in [0.717, 1.165) is 5.69 Å². The lowest BCUT2D eigenvalue weighted by atomic mass is 9.98. The highest BCUT2D eigenvalue weighted by Gasteiger charge is 2.27. The Morgan fingerprint density at radius 1 is 1.21 bits per heavy atom. The lowest BCUT2D eigenvalue weighted by Crippen LogP contribution is -2.06. The van der Waals surface area contributed by atoms with Crippen LogP contribution in [0.25, 0.3) is 10.9 Å². The Kier molecular flexibility index (Phi) is 3.81. The number of nitro benzene ring substituents is 1. The van der Waals surface area contributed by atoms with E-state index in [9.17, 15) is 20.0 Å². The molecule has 0 aliphatic heterocycles. The van der Waals surface area contributed by atoms with Gasteiger partial charge >= 0.3 is 0 Å². The maximum absolute atomic E-state index is 13.0. The highest BCUT2D eigenvalue weighted by Crippen LogP contribution is 2.34. The topological polar surface area (TPSA) is 85.4 Å². The molecule has 0 saturated carbocycles. The van der Waals surface area contributed by atoms with Crippen LogP contribution in [0.1, 0.15) is 28.5 Å². The van der Waals surface area contributed by atoms with Crippen molar-refractivity contribution in [2.45, 2.75) is 13.3 Å². The molecule has 0 bridgehead atoms. The molecule has 0 unspecified atom stereocenters. The molecule has 122 valence electrons. The van der Waals surface area contributed by atoms with E-state index in [0.29, 0.717) is 28.5 Å². The van der Waals surface area contributed by atoms with E-state index in [1.54, 1.807) is 19.2 Å². The summed E-state index contributed by atoms with van der Waals surface area (Å²) in [5.74, 6) is -0.224. The Morgan fingerprint density at radius 2 is 1.88 bits per heavy atom. The number of phenols is 1. The van der Waals surface area contributed by atoms with Gasteiger partial charge in [-0.2, -0.15) is 0 Å². The number of hydrogen-bond acceptors (Lipinski definition) is 4. The number of ketones is 1. The number of fused-ring (bicyclic) bond motifs is 1. The minimum Gasteiger partial charge on any atom is -0.508 e. The molecule has 0 aliphatic carbocycles. The first kappa shape index (κ1) is 15.7. The fraction of sp³-hybridized carbons (Fsp3) is 0.167. The molecule has 2 aromatic carbocycles. The SMILES string of the molecule is CCc1c(C(=O)c2ccc(O)cc2)c2c([N+](=O)[O-])cccc2n1C. The molecule has 1 N–H and O–H groups in total. The molecule has 0 radical (unpaired) electrons. The molecule has 0 atom stereocenters. The molecule has 6 nitrogen and oxygen atoms in total. The quantitative estimate of drug-likeness (QED) is 0.451. The molecular weight excluding hydrogens is 308 g/mol. The van der Waals surface area contributed by atoms with Crippen molar-refractivity contribution in [1.29, 1.82) is 0 Å². The minimum absolute atomic E-state index is 0.0613. The summed E-state index contributed by atoms with van der Waals surface area (Å²) < 4.78 is 1.83. The summed E-state index contributed by atoms with van der Waals surface area (Å²) in [7, 11) is 1.80. The Bertz CT molecular complexity index is 955. The number of phenolic OH excluding ortho intramolecular Hbond substituents is 1. The van der Waals surface area contributed by atoms with Crippen LogP contribution in [0.5, 0.6) is 5.75 Å². The Morgan fingerprint density at radius 3 is 2.46 bits per heavy atom. The van der Waals surface area contributed by atoms with Crippen LogP contribution in [0, 0.1) is 10.1 Å². The van der Waals surface area contributed by atoms with Crippen LogP contribution in [0.4, 0.5) is 5.69 Å². The number of aromatic nitrogens is 1. The zero-order chi connectivity index (χ0) is 17.4. The Labute approximate surface area is 138 Å². The van der Waals surface area contributed by atoms with E-state index < -0.39 is 4.92 Å². The molecule has 0 spiro atoms. The third-order valence-corrected chi connectivity index (χ3v) is 4.21. The standard InChI is InChI=1S/C18H16N2O4/c1-3-13-17(18(22)11-7-9-12(21)10-8-11)16-14(19(13)2)5-4-6-15(16)20(23)24/h4-10,21H,3H2,1-2H3. The van der Waals surface area contributed by atoms with Crippen LogP contribution in [0.15, 0.2) is 42.5 Å². The molecule has 24 heavy (non-hydrogen) atoms. The lowest BCUT2D eigenvalue weighted by molar-refractivity contribution is -0.383. The molecular formula is C18H16N2O4. The van der Waals surface area contributed by atoms with Crippen molar-refractivity contribution < 1.29 is 14.8 Å². The van der Waals surface area contributed by atoms with Gasteiger partial charge in [-0.15, -0.1) is 0 Å². The predicted octanol–water partition coefficient (Wildman–Crippen LogP) is 3.59. The number of aryl methyl sites for hydroxylation is 1. The molecule has 0 fully saturated rings. The number of carbonyl (C=O) groups excluding carboxylic acids is 1. The van der Waals surface area contributed by atoms with Crippen molar-refractivity contribution in [2.24, 2.45) is 7.05 Å². The number of rotatable bonds is 4. The molecule has 0 amide bonds. The molecule has 1 aromatic heterocycles. The first-order valence-electron chi connectivity index (χ1n) is 7.54. The highest BCUT2D eigenvalue weighted by molar-refractivity contribution is 6.19. The summed E-state index contributed by atoms with van der Waals surface area (Å²) in [6, 6.07) is 10.7. The highest BCUT2D eigenvalue weighted by atomic mass is 16.6. The Hall–Kier alpha value is -3.15. The van der Waals surface area contributed by atoms with E-state index in [4.69, 9.17) is 0 Å². The number of nitro groups is 1. The maximum atomic E-state index is 13.0. The van der Waals surface area contributed by atoms with Gasteiger partial charge in [0.15, 0.2) is 5.78 Å². The number of nitrogens with zero attached hydrogens (tertiary/aromatic N) is 2. The van der Waals surface area contributed by atoms with E-state index in [1.807, 2.05) is 11.5 Å². The minimum atomic E-state index is -0.463. The summed E-state index contributed by atoms with van der Waals surface area (Å²) in [5.41, 5.74) is 2.06. The monoisotopic (exact) mass is 324 g/mol. The van der Waals surface area contributed by atoms with Gasteiger partial charge in [-0.3, -0.25) is 14.9 Å². The Balaban J connectivity index is 2.35. The van der Waals surface area contributed by atoms with Gasteiger partial charge in [-0.25, -0.2) is 0 Å². The first-order chi connectivity index (χ1) is 11.5. The third-order valence-electron chi connectivity index (χ3n) is 4.21. The first-order valence-corrected chi connectivity index (χ1v) is 7.54. The van der Waals surface area contributed by atoms with Gasteiger partial charge in [-0.1, -0.05) is 13.0 Å². The van der Waals surface area contributed by atoms with E-state index in [1.165, 1.54) is 30.3 Å². The smallest absolute Gasteiger partial charge is 0.279 e. The van der Waals surface area contributed by atoms with Crippen molar-refractivity contribution in [2.75, 3.05) is 0 Å². The number of aromatic hydroxyl groups is 1. The average molecular weight is 324 g/mol. The summed E-state index contributed by atoms with van der Waals surface area (Å²) >= 11 is 0. The van der Waals surface area contributed by atoms with Gasteiger partial charge in [0, 0.05) is 24.4 Å². The van der Waals surface area contributed by atoms with Gasteiger partial charge in [0.1, 0.15) is 5.75 Å². The number of carbonyl (C=O) groups is 1. The molecule has 1 heterocycles. The number of benzene rings is 2. The molecule has 3 aromatic rings. The predicted molar refractivity (Wildman–Crippen MR) is 90.5 cm³/mol. The third kappa shape index (κ3) is 2.32. The average Bonchev–Trinajstić information content (AvgIpc) is 2.87. The van der Waals surface area contributed by atoms with Gasteiger partial charge in [0.2, 0.25) is 0 Å². The van der Waals surface area contributed by atoms with Gasteiger partial charge in [-0.05, 0) is 36.8 Å². The van der Waals surface area contributed by atoms with Crippen LogP contribution in [0.2, 0.25) is 0 Å². The molecule has 0 aliphatic rings. The van der Waals surface area contributed by atoms with Crippen molar-refractivity contribution in [3.63, 3.8) is 0 Å². The van der Waals surface area contributed by atoms with Crippen molar-refractivity contribution >= 4 is 22.4 Å². The second kappa shape index (κ2) is 5.81. The van der Waals surface area contributed by atoms with E-state index in [-0.39, 0.29) is 17.2 Å². The second-order valence-corrected chi connectivity index (χ2v) is 5.54. The van der Waals surface area contributed by atoms with Crippen molar-refractivity contribution in [3.8, 4) is 5.75 Å². The van der Waals surface area contributed by atoms with Crippen molar-refractivity contribution in [1.82, 2.24) is 4.57 Å². The summed E-state index contributed by atoms with van der Waals surface area (Å²) in [5, 5.41) is 21.2. The van der Waals surface area contributed by atoms with E-state index >= 15 is 0 Å². The molecule has 6 heteroatoms. The zero-order valence-electron chi connectivity index (χ0n) is 13.3. The van der Waals surface area contributed by atoms with Gasteiger partial charge < -0.3 is 9.67 Å². The largest absolute Gasteiger partial charge is 0.508 e. The van der Waals surface area contributed by atoms with Crippen molar-refractivity contribution in [3.05, 3.63) is 69.4 Å². The normalized spacial score (nSPS) is 10.9. The fourth-order valence-electron chi connectivity index (χ4n) is 3.09. The second-order valence-electron chi connectivity index (χ2n) is 5.54. The van der Waals surface area contributed by atoms with E-state index in [2.05, 4.69) is 0 Å². The van der Waals surface area contributed by atoms with Crippen LogP contribution >= 0.6 is 0 Å². The molecule has 0 saturated heterocycles. The fourth-order valence-corrected chi connectivity index (χ4v) is 3.09. The zero-order valence-corrected chi connectivity index (χ0v) is 13.3. The van der Waals surface area contributed by atoms with Gasteiger partial charge in [0.25, 0.3) is 5.69 Å². The summed E-state index contributed by atoms with van der Waals surface area (Å²) in [6.45, 7) is 1.91. The summed E-state index contributed by atoms with van der Waals surface area (Å²) in [4.78, 5) is 24.0.